The topological polar surface area (TPSA) is 105 Å². The zero-order valence-electron chi connectivity index (χ0n) is 22.2. The second-order valence-corrected chi connectivity index (χ2v) is 10.3. The van der Waals surface area contributed by atoms with Gasteiger partial charge in [-0.2, -0.15) is 0 Å². The third kappa shape index (κ3) is 7.29. The minimum absolute atomic E-state index is 0.146. The van der Waals surface area contributed by atoms with Gasteiger partial charge in [0.05, 0.1) is 6.04 Å². The van der Waals surface area contributed by atoms with Gasteiger partial charge < -0.3 is 24.6 Å². The second-order valence-electron chi connectivity index (χ2n) is 9.88. The summed E-state index contributed by atoms with van der Waals surface area (Å²) in [5.74, 6) is -2.88. The Balaban J connectivity index is 1.50. The van der Waals surface area contributed by atoms with E-state index in [0.717, 1.165) is 43.8 Å². The summed E-state index contributed by atoms with van der Waals surface area (Å²) in [4.78, 5) is 54.9. The molecule has 10 heteroatoms. The summed E-state index contributed by atoms with van der Waals surface area (Å²) in [6.07, 6.45) is 0.459. The van der Waals surface area contributed by atoms with E-state index < -0.39 is 36.0 Å². The first-order valence-corrected chi connectivity index (χ1v) is 13.6. The normalized spacial score (nSPS) is 18.4. The van der Waals surface area contributed by atoms with Crippen LogP contribution in [0.2, 0.25) is 5.02 Å². The molecule has 1 unspecified atom stereocenters. The van der Waals surface area contributed by atoms with Gasteiger partial charge in [0.15, 0.2) is 0 Å². The van der Waals surface area contributed by atoms with Gasteiger partial charge in [0.1, 0.15) is 0 Å². The van der Waals surface area contributed by atoms with Gasteiger partial charge in [-0.05, 0) is 61.1 Å². The molecule has 2 aliphatic rings. The fourth-order valence-electron chi connectivity index (χ4n) is 5.20. The molecule has 208 valence electrons. The lowest BCUT2D eigenvalue weighted by molar-refractivity contribution is -0.178. The molecular formula is C29H34ClN3O6. The minimum atomic E-state index is -1.65. The van der Waals surface area contributed by atoms with Crippen LogP contribution in [0, 0.1) is 0 Å². The van der Waals surface area contributed by atoms with Gasteiger partial charge >= 0.3 is 11.9 Å². The SMILES string of the molecule is CC(=O)O[C@@H](C(=O)NCc1ccc(N2CCCC2)cc1)[C@@H](OC(C)=O)C(=O)N1CCCC1c1cccc(Cl)c1. The number of nitrogens with one attached hydrogen (secondary N) is 1. The molecule has 2 saturated heterocycles. The fourth-order valence-corrected chi connectivity index (χ4v) is 5.39. The molecule has 9 nitrogen and oxygen atoms in total. The van der Waals surface area contributed by atoms with Crippen molar-refractivity contribution in [3.05, 3.63) is 64.7 Å². The number of likely N-dealkylation sites (tertiary alicyclic amines) is 1. The predicted molar refractivity (Wildman–Crippen MR) is 146 cm³/mol. The number of esters is 2. The van der Waals surface area contributed by atoms with Gasteiger partial charge in [-0.15, -0.1) is 0 Å². The van der Waals surface area contributed by atoms with Crippen molar-refractivity contribution in [1.29, 1.82) is 0 Å². The molecule has 0 saturated carbocycles. The van der Waals surface area contributed by atoms with Gasteiger partial charge in [-0.25, -0.2) is 0 Å². The van der Waals surface area contributed by atoms with E-state index in [1.165, 1.54) is 12.8 Å². The predicted octanol–water partition coefficient (Wildman–Crippen LogP) is 3.78. The number of amides is 2. The molecule has 2 fully saturated rings. The Labute approximate surface area is 233 Å². The highest BCUT2D eigenvalue weighted by atomic mass is 35.5. The summed E-state index contributed by atoms with van der Waals surface area (Å²) >= 11 is 6.17. The summed E-state index contributed by atoms with van der Waals surface area (Å²) in [6.45, 7) is 4.88. The van der Waals surface area contributed by atoms with E-state index in [0.29, 0.717) is 24.4 Å². The number of hydrogen-bond acceptors (Lipinski definition) is 7. The molecule has 0 spiro atoms. The smallest absolute Gasteiger partial charge is 0.303 e. The average Bonchev–Trinajstić information content (AvgIpc) is 3.62. The zero-order valence-corrected chi connectivity index (χ0v) is 23.0. The number of carbonyl (C=O) groups excluding carboxylic acids is 4. The largest absolute Gasteiger partial charge is 0.448 e. The van der Waals surface area contributed by atoms with Crippen molar-refractivity contribution in [1.82, 2.24) is 10.2 Å². The average molecular weight is 556 g/mol. The number of carbonyl (C=O) groups is 4. The van der Waals surface area contributed by atoms with Crippen LogP contribution >= 0.6 is 11.6 Å². The molecule has 4 rings (SSSR count). The Morgan fingerprint density at radius 1 is 0.923 bits per heavy atom. The molecular weight excluding hydrogens is 522 g/mol. The lowest BCUT2D eigenvalue weighted by Gasteiger charge is -2.31. The highest BCUT2D eigenvalue weighted by Crippen LogP contribution is 2.34. The van der Waals surface area contributed by atoms with E-state index >= 15 is 0 Å². The number of ether oxygens (including phenoxy) is 2. The summed E-state index contributed by atoms with van der Waals surface area (Å²) in [6, 6.07) is 14.7. The Hall–Kier alpha value is -3.59. The first-order chi connectivity index (χ1) is 18.7. The summed E-state index contributed by atoms with van der Waals surface area (Å²) < 4.78 is 10.6. The van der Waals surface area contributed by atoms with Crippen molar-refractivity contribution >= 4 is 41.0 Å². The van der Waals surface area contributed by atoms with Crippen molar-refractivity contribution < 1.29 is 28.7 Å². The molecule has 1 N–H and O–H groups in total. The molecule has 2 aliphatic heterocycles. The van der Waals surface area contributed by atoms with Crippen LogP contribution in [0.25, 0.3) is 0 Å². The second kappa shape index (κ2) is 13.0. The number of rotatable bonds is 9. The molecule has 0 aromatic heterocycles. The van der Waals surface area contributed by atoms with Gasteiger partial charge in [0, 0.05) is 50.7 Å². The molecule has 2 aromatic rings. The zero-order chi connectivity index (χ0) is 27.9. The first kappa shape index (κ1) is 28.4. The molecule has 3 atom stereocenters. The van der Waals surface area contributed by atoms with Crippen molar-refractivity contribution in [2.75, 3.05) is 24.5 Å². The van der Waals surface area contributed by atoms with Crippen molar-refractivity contribution in [3.8, 4) is 0 Å². The Morgan fingerprint density at radius 2 is 1.59 bits per heavy atom. The van der Waals surface area contributed by atoms with Crippen LogP contribution in [0.15, 0.2) is 48.5 Å². The molecule has 0 aliphatic carbocycles. The molecule has 39 heavy (non-hydrogen) atoms. The fraction of sp³-hybridized carbons (Fsp3) is 0.448. The molecule has 2 heterocycles. The third-order valence-electron chi connectivity index (χ3n) is 7.01. The van der Waals surface area contributed by atoms with Gasteiger partial charge in [-0.1, -0.05) is 35.9 Å². The van der Waals surface area contributed by atoms with E-state index in [9.17, 15) is 19.2 Å². The number of benzene rings is 2. The Bertz CT molecular complexity index is 1200. The van der Waals surface area contributed by atoms with Crippen LogP contribution in [-0.2, 0) is 35.2 Å². The van der Waals surface area contributed by atoms with E-state index in [4.69, 9.17) is 21.1 Å². The standard InChI is InChI=1S/C29H34ClN3O6/c1-19(34)38-26(28(36)31-18-21-10-12-24(13-11-21)32-14-3-4-15-32)27(39-20(2)35)29(37)33-16-6-9-25(33)22-7-5-8-23(30)17-22/h5,7-8,10-13,17,25-27H,3-4,6,9,14-16,18H2,1-2H3,(H,31,36)/t25?,26-,27-/m1/s1. The summed E-state index contributed by atoms with van der Waals surface area (Å²) in [5.41, 5.74) is 2.80. The lowest BCUT2D eigenvalue weighted by atomic mass is 10.0. The van der Waals surface area contributed by atoms with E-state index in [1.807, 2.05) is 30.3 Å². The van der Waals surface area contributed by atoms with Crippen LogP contribution < -0.4 is 10.2 Å². The number of hydrogen-bond donors (Lipinski definition) is 1. The van der Waals surface area contributed by atoms with E-state index in [-0.39, 0.29) is 12.6 Å². The van der Waals surface area contributed by atoms with E-state index in [1.54, 1.807) is 23.1 Å². The number of nitrogens with zero attached hydrogens (tertiary/aromatic N) is 2. The Morgan fingerprint density at radius 3 is 2.23 bits per heavy atom. The number of halogens is 1. The van der Waals surface area contributed by atoms with Crippen LogP contribution in [0.4, 0.5) is 5.69 Å². The molecule has 0 radical (unpaired) electrons. The monoisotopic (exact) mass is 555 g/mol. The first-order valence-electron chi connectivity index (χ1n) is 13.2. The van der Waals surface area contributed by atoms with Crippen LogP contribution in [0.3, 0.4) is 0 Å². The van der Waals surface area contributed by atoms with Crippen molar-refractivity contribution in [2.24, 2.45) is 0 Å². The van der Waals surface area contributed by atoms with Gasteiger partial charge in [0.2, 0.25) is 12.2 Å². The van der Waals surface area contributed by atoms with Gasteiger partial charge in [0.25, 0.3) is 11.8 Å². The maximum Gasteiger partial charge on any atom is 0.303 e. The van der Waals surface area contributed by atoms with Crippen LogP contribution in [-0.4, -0.2) is 60.5 Å². The maximum absolute atomic E-state index is 13.8. The minimum Gasteiger partial charge on any atom is -0.448 e. The summed E-state index contributed by atoms with van der Waals surface area (Å²) in [5, 5.41) is 3.27. The molecule has 0 bridgehead atoms. The van der Waals surface area contributed by atoms with Crippen LogP contribution in [0.5, 0.6) is 0 Å². The highest BCUT2D eigenvalue weighted by molar-refractivity contribution is 6.30. The lowest BCUT2D eigenvalue weighted by Crippen LogP contribution is -2.53. The Kier molecular flexibility index (Phi) is 9.45. The molecule has 2 aromatic carbocycles. The third-order valence-corrected chi connectivity index (χ3v) is 7.24. The highest BCUT2D eigenvalue weighted by Gasteiger charge is 2.44. The van der Waals surface area contributed by atoms with E-state index in [2.05, 4.69) is 10.2 Å². The van der Waals surface area contributed by atoms with Crippen molar-refractivity contribution in [2.45, 2.75) is 64.3 Å². The number of anilines is 1. The molecule has 2 amide bonds. The quantitative estimate of drug-likeness (QED) is 0.469. The van der Waals surface area contributed by atoms with Gasteiger partial charge in [-0.3, -0.25) is 19.2 Å². The van der Waals surface area contributed by atoms with Crippen LogP contribution in [0.1, 0.15) is 56.7 Å². The maximum atomic E-state index is 13.8. The summed E-state index contributed by atoms with van der Waals surface area (Å²) in [7, 11) is 0. The van der Waals surface area contributed by atoms with Crippen molar-refractivity contribution in [3.63, 3.8) is 0 Å².